The zero-order valence-corrected chi connectivity index (χ0v) is 16.2. The average Bonchev–Trinajstić information content (AvgIpc) is 2.56. The molecular weight excluding hydrogens is 332 g/mol. The number of hydrogen-bond acceptors (Lipinski definition) is 5. The maximum Gasteiger partial charge on any atom is 0.125 e. The summed E-state index contributed by atoms with van der Waals surface area (Å²) in [4.78, 5) is 4.42. The highest BCUT2D eigenvalue weighted by molar-refractivity contribution is 7.99. The van der Waals surface area contributed by atoms with E-state index in [1.54, 1.807) is 0 Å². The fourth-order valence-electron chi connectivity index (χ4n) is 2.59. The smallest absolute Gasteiger partial charge is 0.125 e. The maximum absolute atomic E-state index is 10.3. The third kappa shape index (κ3) is 4.75. The van der Waals surface area contributed by atoms with Gasteiger partial charge in [-0.3, -0.25) is 0 Å². The molecular formula is C20H24N2O2S. The zero-order valence-electron chi connectivity index (χ0n) is 15.4. The van der Waals surface area contributed by atoms with Crippen LogP contribution in [0.25, 0.3) is 0 Å². The van der Waals surface area contributed by atoms with Crippen LogP contribution in [-0.2, 0) is 0 Å². The number of rotatable bonds is 6. The lowest BCUT2D eigenvalue weighted by molar-refractivity contribution is 0.125. The molecule has 25 heavy (non-hydrogen) atoms. The van der Waals surface area contributed by atoms with Crippen LogP contribution in [0.5, 0.6) is 5.75 Å². The first-order valence-corrected chi connectivity index (χ1v) is 9.20. The molecule has 1 N–H and O–H groups in total. The van der Waals surface area contributed by atoms with Gasteiger partial charge in [0.05, 0.1) is 11.7 Å². The van der Waals surface area contributed by atoms with Gasteiger partial charge in [0.2, 0.25) is 0 Å². The van der Waals surface area contributed by atoms with Crippen molar-refractivity contribution in [2.45, 2.75) is 45.7 Å². The van der Waals surface area contributed by atoms with Crippen LogP contribution in [0.15, 0.2) is 23.2 Å². The SMILES string of the molecule is Cc1cc(C)c(C#N)c(SCC(O)COc2c(C)ccc(C)c2C)n1. The minimum atomic E-state index is -0.640. The largest absolute Gasteiger partial charge is 0.490 e. The zero-order chi connectivity index (χ0) is 18.6. The van der Waals surface area contributed by atoms with Crippen LogP contribution < -0.4 is 4.74 Å². The highest BCUT2D eigenvalue weighted by Gasteiger charge is 2.14. The number of benzene rings is 1. The Bertz CT molecular complexity index is 812. The van der Waals surface area contributed by atoms with E-state index in [1.165, 1.54) is 17.3 Å². The summed E-state index contributed by atoms with van der Waals surface area (Å²) in [5.41, 5.74) is 5.69. The van der Waals surface area contributed by atoms with Gasteiger partial charge in [-0.05, 0) is 62.9 Å². The number of nitrogens with zero attached hydrogens (tertiary/aromatic N) is 2. The van der Waals surface area contributed by atoms with E-state index in [1.807, 2.05) is 46.8 Å². The van der Waals surface area contributed by atoms with Gasteiger partial charge in [-0.2, -0.15) is 5.26 Å². The molecule has 2 rings (SSSR count). The van der Waals surface area contributed by atoms with Crippen LogP contribution in [0.1, 0.15) is 33.5 Å². The van der Waals surface area contributed by atoms with E-state index in [-0.39, 0.29) is 6.61 Å². The van der Waals surface area contributed by atoms with Crippen LogP contribution in [0.4, 0.5) is 0 Å². The third-order valence-electron chi connectivity index (χ3n) is 4.13. The van der Waals surface area contributed by atoms with E-state index in [0.717, 1.165) is 28.1 Å². The lowest BCUT2D eigenvalue weighted by atomic mass is 10.1. The number of aryl methyl sites for hydroxylation is 4. The highest BCUT2D eigenvalue weighted by atomic mass is 32.2. The molecule has 0 spiro atoms. The predicted octanol–water partition coefficient (Wildman–Crippen LogP) is 4.03. The molecule has 0 amide bonds. The van der Waals surface area contributed by atoms with Gasteiger partial charge in [0.1, 0.15) is 23.5 Å². The van der Waals surface area contributed by atoms with Crippen molar-refractivity contribution < 1.29 is 9.84 Å². The van der Waals surface area contributed by atoms with E-state index in [4.69, 9.17) is 4.74 Å². The van der Waals surface area contributed by atoms with Crippen LogP contribution in [0, 0.1) is 45.9 Å². The van der Waals surface area contributed by atoms with Gasteiger partial charge in [0, 0.05) is 11.4 Å². The summed E-state index contributed by atoms with van der Waals surface area (Å²) in [6.45, 7) is 10.1. The Morgan fingerprint density at radius 2 is 1.84 bits per heavy atom. The second kappa shape index (κ2) is 8.37. The minimum Gasteiger partial charge on any atom is -0.490 e. The first-order valence-electron chi connectivity index (χ1n) is 8.22. The van der Waals surface area contributed by atoms with Crippen LogP contribution >= 0.6 is 11.8 Å². The van der Waals surface area contributed by atoms with Crippen molar-refractivity contribution in [1.29, 1.82) is 5.26 Å². The molecule has 1 aromatic carbocycles. The van der Waals surface area contributed by atoms with Gasteiger partial charge < -0.3 is 9.84 Å². The summed E-state index contributed by atoms with van der Waals surface area (Å²) in [5.74, 6) is 1.26. The standard InChI is InChI=1S/C20H24N2O2S/c1-12-6-7-13(2)19(16(12)5)24-10-17(23)11-25-20-18(9-21)14(3)8-15(4)22-20/h6-8,17,23H,10-11H2,1-5H3. The van der Waals surface area contributed by atoms with Crippen molar-refractivity contribution in [1.82, 2.24) is 4.98 Å². The molecule has 0 radical (unpaired) electrons. The van der Waals surface area contributed by atoms with Crippen molar-refractivity contribution in [2.24, 2.45) is 0 Å². The number of aromatic nitrogens is 1. The molecule has 0 saturated heterocycles. The number of aliphatic hydroxyl groups is 1. The molecule has 132 valence electrons. The van der Waals surface area contributed by atoms with Gasteiger partial charge in [0.25, 0.3) is 0 Å². The molecule has 0 bridgehead atoms. The first-order chi connectivity index (χ1) is 11.8. The molecule has 1 heterocycles. The van der Waals surface area contributed by atoms with E-state index in [0.29, 0.717) is 16.3 Å². The Kier molecular flexibility index (Phi) is 6.46. The van der Waals surface area contributed by atoms with Crippen LogP contribution in [0.2, 0.25) is 0 Å². The van der Waals surface area contributed by atoms with Crippen molar-refractivity contribution in [3.05, 3.63) is 51.7 Å². The molecule has 4 nitrogen and oxygen atoms in total. The fourth-order valence-corrected chi connectivity index (χ4v) is 3.60. The Hall–Kier alpha value is -2.03. The van der Waals surface area contributed by atoms with Crippen molar-refractivity contribution in [3.63, 3.8) is 0 Å². The number of pyridine rings is 1. The Morgan fingerprint density at radius 1 is 1.16 bits per heavy atom. The lowest BCUT2D eigenvalue weighted by Gasteiger charge is -2.17. The Labute approximate surface area is 153 Å². The number of ether oxygens (including phenoxy) is 1. The van der Waals surface area contributed by atoms with Crippen molar-refractivity contribution in [2.75, 3.05) is 12.4 Å². The molecule has 1 atom stereocenters. The fraction of sp³-hybridized carbons (Fsp3) is 0.400. The van der Waals surface area contributed by atoms with Gasteiger partial charge in [-0.1, -0.05) is 12.1 Å². The summed E-state index contributed by atoms with van der Waals surface area (Å²) in [7, 11) is 0. The Morgan fingerprint density at radius 3 is 2.52 bits per heavy atom. The van der Waals surface area contributed by atoms with E-state index in [2.05, 4.69) is 17.1 Å². The van der Waals surface area contributed by atoms with Crippen molar-refractivity contribution in [3.8, 4) is 11.8 Å². The quantitative estimate of drug-likeness (QED) is 0.792. The first kappa shape index (κ1) is 19.3. The molecule has 1 aromatic heterocycles. The van der Waals surface area contributed by atoms with Crippen LogP contribution in [0.3, 0.4) is 0 Å². The topological polar surface area (TPSA) is 66.1 Å². The lowest BCUT2D eigenvalue weighted by Crippen LogP contribution is -2.21. The molecule has 0 fully saturated rings. The highest BCUT2D eigenvalue weighted by Crippen LogP contribution is 2.27. The number of nitriles is 1. The van der Waals surface area contributed by atoms with Gasteiger partial charge in [-0.15, -0.1) is 11.8 Å². The van der Waals surface area contributed by atoms with Gasteiger partial charge >= 0.3 is 0 Å². The second-order valence-electron chi connectivity index (χ2n) is 6.30. The summed E-state index contributed by atoms with van der Waals surface area (Å²) < 4.78 is 5.85. The molecule has 0 saturated carbocycles. The monoisotopic (exact) mass is 356 g/mol. The van der Waals surface area contributed by atoms with Crippen molar-refractivity contribution >= 4 is 11.8 Å². The summed E-state index contributed by atoms with van der Waals surface area (Å²) in [6.07, 6.45) is -0.640. The molecule has 0 aliphatic heterocycles. The average molecular weight is 356 g/mol. The summed E-state index contributed by atoms with van der Waals surface area (Å²) in [6, 6.07) is 8.19. The molecule has 1 unspecified atom stereocenters. The maximum atomic E-state index is 10.3. The predicted molar refractivity (Wildman–Crippen MR) is 101 cm³/mol. The van der Waals surface area contributed by atoms with E-state index < -0.39 is 6.10 Å². The second-order valence-corrected chi connectivity index (χ2v) is 7.31. The third-order valence-corrected chi connectivity index (χ3v) is 5.25. The number of thioether (sulfide) groups is 1. The van der Waals surface area contributed by atoms with E-state index in [9.17, 15) is 10.4 Å². The molecule has 0 aliphatic rings. The number of hydrogen-bond donors (Lipinski definition) is 1. The minimum absolute atomic E-state index is 0.213. The van der Waals surface area contributed by atoms with E-state index >= 15 is 0 Å². The van der Waals surface area contributed by atoms with Gasteiger partial charge in [-0.25, -0.2) is 4.98 Å². The van der Waals surface area contributed by atoms with Crippen LogP contribution in [-0.4, -0.2) is 28.6 Å². The number of aliphatic hydroxyl groups excluding tert-OH is 1. The summed E-state index contributed by atoms with van der Waals surface area (Å²) >= 11 is 1.39. The molecule has 2 aromatic rings. The normalized spacial score (nSPS) is 11.9. The van der Waals surface area contributed by atoms with Gasteiger partial charge in [0.15, 0.2) is 0 Å². The Balaban J connectivity index is 2.00. The molecule has 0 aliphatic carbocycles. The summed E-state index contributed by atoms with van der Waals surface area (Å²) in [5, 5.41) is 20.2. The molecule has 5 heteroatoms.